The molecule has 1 N–H and O–H groups in total. The van der Waals surface area contributed by atoms with Crippen molar-refractivity contribution < 1.29 is 14.6 Å². The van der Waals surface area contributed by atoms with Crippen LogP contribution in [0.15, 0.2) is 30.9 Å². The Labute approximate surface area is 138 Å². The van der Waals surface area contributed by atoms with Gasteiger partial charge in [-0.3, -0.25) is 4.79 Å². The Bertz CT molecular complexity index is 636. The maximum Gasteiger partial charge on any atom is 0.312 e. The molecule has 3 heteroatoms. The smallest absolute Gasteiger partial charge is 0.312 e. The van der Waals surface area contributed by atoms with Crippen LogP contribution in [0.2, 0.25) is 0 Å². The van der Waals surface area contributed by atoms with Gasteiger partial charge in [0.25, 0.3) is 0 Å². The number of aromatic hydroxyl groups is 1. The molecule has 2 aliphatic carbocycles. The summed E-state index contributed by atoms with van der Waals surface area (Å²) in [6.45, 7) is 8.22. The van der Waals surface area contributed by atoms with E-state index in [1.165, 1.54) is 11.1 Å². The number of hydrogen-bond acceptors (Lipinski definition) is 3. The normalized spacial score (nSPS) is 32.5. The lowest BCUT2D eigenvalue weighted by Gasteiger charge is -2.54. The molecule has 124 valence electrons. The lowest BCUT2D eigenvalue weighted by atomic mass is 9.50. The summed E-state index contributed by atoms with van der Waals surface area (Å²) in [5, 5.41) is 9.95. The molecule has 0 radical (unpaired) electrons. The van der Waals surface area contributed by atoms with Gasteiger partial charge < -0.3 is 9.84 Å². The Morgan fingerprint density at radius 3 is 2.96 bits per heavy atom. The number of fused-ring (bicyclic) bond motifs is 3. The molecule has 2 aliphatic rings. The summed E-state index contributed by atoms with van der Waals surface area (Å²) in [5.74, 6) is 0.458. The van der Waals surface area contributed by atoms with E-state index >= 15 is 0 Å². The van der Waals surface area contributed by atoms with E-state index < -0.39 is 5.41 Å². The van der Waals surface area contributed by atoms with Crippen LogP contribution in [0.3, 0.4) is 0 Å². The molecule has 0 aromatic heterocycles. The Balaban J connectivity index is 2.01. The van der Waals surface area contributed by atoms with Gasteiger partial charge in [-0.25, -0.2) is 0 Å². The summed E-state index contributed by atoms with van der Waals surface area (Å²) in [5.41, 5.74) is 1.99. The first-order valence-corrected chi connectivity index (χ1v) is 8.52. The fraction of sp³-hybridized carbons (Fsp3) is 0.550. The number of carbonyl (C=O) groups is 1. The predicted molar refractivity (Wildman–Crippen MR) is 90.4 cm³/mol. The van der Waals surface area contributed by atoms with Gasteiger partial charge in [-0.2, -0.15) is 0 Å². The molecule has 0 amide bonds. The molecule has 3 rings (SSSR count). The Morgan fingerprint density at radius 1 is 1.43 bits per heavy atom. The molecule has 3 atom stereocenters. The van der Waals surface area contributed by atoms with Gasteiger partial charge >= 0.3 is 5.97 Å². The maximum absolute atomic E-state index is 12.7. The SMILES string of the molecule is C=CCOC(=O)[C@@]1(C)CCC[C@]2(C)c3cc(O)ccc3CC[C@@H]12. The third-order valence-corrected chi connectivity index (χ3v) is 6.14. The molecule has 0 aliphatic heterocycles. The molecule has 1 aromatic rings. The van der Waals surface area contributed by atoms with Gasteiger partial charge in [-0.15, -0.1) is 0 Å². The number of ether oxygens (including phenoxy) is 1. The van der Waals surface area contributed by atoms with Gasteiger partial charge in [0.15, 0.2) is 0 Å². The highest BCUT2D eigenvalue weighted by atomic mass is 16.5. The van der Waals surface area contributed by atoms with Crippen LogP contribution in [0.1, 0.15) is 50.7 Å². The van der Waals surface area contributed by atoms with Crippen molar-refractivity contribution in [2.75, 3.05) is 6.61 Å². The van der Waals surface area contributed by atoms with Crippen molar-refractivity contribution in [3.05, 3.63) is 42.0 Å². The van der Waals surface area contributed by atoms with Crippen LogP contribution in [0.5, 0.6) is 5.75 Å². The lowest BCUT2D eigenvalue weighted by Crippen LogP contribution is -2.52. The first kappa shape index (κ1) is 16.1. The average Bonchev–Trinajstić information content (AvgIpc) is 2.53. The van der Waals surface area contributed by atoms with E-state index in [4.69, 9.17) is 4.74 Å². The molecular weight excluding hydrogens is 288 g/mol. The summed E-state index contributed by atoms with van der Waals surface area (Å²) in [7, 11) is 0. The highest BCUT2D eigenvalue weighted by molar-refractivity contribution is 5.77. The highest BCUT2D eigenvalue weighted by Crippen LogP contribution is 2.57. The number of hydrogen-bond donors (Lipinski definition) is 1. The van der Waals surface area contributed by atoms with E-state index in [-0.39, 0.29) is 23.9 Å². The number of phenolic OH excluding ortho intramolecular Hbond substituents is 1. The predicted octanol–water partition coefficient (Wildman–Crippen LogP) is 4.13. The van der Waals surface area contributed by atoms with Gasteiger partial charge in [-0.1, -0.05) is 32.1 Å². The van der Waals surface area contributed by atoms with Crippen LogP contribution in [0.4, 0.5) is 0 Å². The quantitative estimate of drug-likeness (QED) is 0.674. The average molecular weight is 314 g/mol. The van der Waals surface area contributed by atoms with Crippen LogP contribution in [0, 0.1) is 11.3 Å². The van der Waals surface area contributed by atoms with E-state index in [0.29, 0.717) is 5.75 Å². The number of esters is 1. The number of carbonyl (C=O) groups excluding carboxylic acids is 1. The number of aryl methyl sites for hydroxylation is 1. The molecular formula is C20H26O3. The van der Waals surface area contributed by atoms with Gasteiger partial charge in [-0.05, 0) is 67.2 Å². The molecule has 1 saturated carbocycles. The molecule has 0 bridgehead atoms. The standard InChI is InChI=1S/C20H26O3/c1-4-12-23-18(22)20(3)11-5-10-19(2)16-13-15(21)8-6-14(16)7-9-17(19)20/h4,6,8,13,17,21H,1,5,7,9-12H2,2-3H3/t17-,19-,20+/m1/s1. The van der Waals surface area contributed by atoms with Gasteiger partial charge in [0.05, 0.1) is 5.41 Å². The Hall–Kier alpha value is -1.77. The van der Waals surface area contributed by atoms with Crippen molar-refractivity contribution in [2.45, 2.75) is 51.4 Å². The van der Waals surface area contributed by atoms with E-state index in [2.05, 4.69) is 20.4 Å². The van der Waals surface area contributed by atoms with E-state index in [1.807, 2.05) is 12.1 Å². The summed E-state index contributed by atoms with van der Waals surface area (Å²) in [4.78, 5) is 12.7. The fourth-order valence-corrected chi connectivity index (χ4v) is 4.99. The highest BCUT2D eigenvalue weighted by Gasteiger charge is 2.55. The molecule has 23 heavy (non-hydrogen) atoms. The van der Waals surface area contributed by atoms with Gasteiger partial charge in [0, 0.05) is 0 Å². The second-order valence-electron chi connectivity index (χ2n) is 7.51. The third kappa shape index (κ3) is 2.46. The van der Waals surface area contributed by atoms with Crippen molar-refractivity contribution in [2.24, 2.45) is 11.3 Å². The van der Waals surface area contributed by atoms with E-state index in [9.17, 15) is 9.90 Å². The monoisotopic (exact) mass is 314 g/mol. The minimum atomic E-state index is -0.459. The van der Waals surface area contributed by atoms with Crippen LogP contribution >= 0.6 is 0 Å². The topological polar surface area (TPSA) is 46.5 Å². The van der Waals surface area contributed by atoms with Gasteiger partial charge in [0.1, 0.15) is 12.4 Å². The summed E-state index contributed by atoms with van der Waals surface area (Å²) >= 11 is 0. The Kier molecular flexibility index (Phi) is 3.99. The lowest BCUT2D eigenvalue weighted by molar-refractivity contribution is -0.163. The van der Waals surface area contributed by atoms with Crippen molar-refractivity contribution >= 4 is 5.97 Å². The molecule has 0 spiro atoms. The van der Waals surface area contributed by atoms with Gasteiger partial charge in [0.2, 0.25) is 0 Å². The van der Waals surface area contributed by atoms with Crippen LogP contribution in [0.25, 0.3) is 0 Å². The van der Waals surface area contributed by atoms with Crippen LogP contribution in [-0.4, -0.2) is 17.7 Å². The maximum atomic E-state index is 12.7. The second-order valence-corrected chi connectivity index (χ2v) is 7.51. The minimum absolute atomic E-state index is 0.0769. The van der Waals surface area contributed by atoms with Crippen molar-refractivity contribution in [1.29, 1.82) is 0 Å². The molecule has 3 nitrogen and oxygen atoms in total. The zero-order valence-electron chi connectivity index (χ0n) is 14.1. The first-order valence-electron chi connectivity index (χ1n) is 8.52. The third-order valence-electron chi connectivity index (χ3n) is 6.14. The second kappa shape index (κ2) is 5.70. The van der Waals surface area contributed by atoms with E-state index in [1.54, 1.807) is 12.1 Å². The number of rotatable bonds is 3. The number of benzene rings is 1. The molecule has 1 aromatic carbocycles. The zero-order chi connectivity index (χ0) is 16.7. The molecule has 1 fully saturated rings. The van der Waals surface area contributed by atoms with Crippen LogP contribution in [-0.2, 0) is 21.4 Å². The molecule has 0 unspecified atom stereocenters. The first-order chi connectivity index (χ1) is 10.9. The van der Waals surface area contributed by atoms with Crippen LogP contribution < -0.4 is 0 Å². The number of phenols is 1. The summed E-state index contributed by atoms with van der Waals surface area (Å²) in [6, 6.07) is 5.71. The van der Waals surface area contributed by atoms with Crippen molar-refractivity contribution in [3.63, 3.8) is 0 Å². The molecule has 0 saturated heterocycles. The fourth-order valence-electron chi connectivity index (χ4n) is 4.99. The minimum Gasteiger partial charge on any atom is -0.508 e. The Morgan fingerprint density at radius 2 is 2.22 bits per heavy atom. The largest absolute Gasteiger partial charge is 0.508 e. The van der Waals surface area contributed by atoms with Crippen molar-refractivity contribution in [3.8, 4) is 5.75 Å². The summed E-state index contributed by atoms with van der Waals surface area (Å²) < 4.78 is 5.43. The summed E-state index contributed by atoms with van der Waals surface area (Å²) in [6.07, 6.45) is 6.50. The molecule has 0 heterocycles. The van der Waals surface area contributed by atoms with Crippen molar-refractivity contribution in [1.82, 2.24) is 0 Å². The zero-order valence-corrected chi connectivity index (χ0v) is 14.1. The van der Waals surface area contributed by atoms with E-state index in [0.717, 1.165) is 32.1 Å².